The Morgan fingerprint density at radius 1 is 1.10 bits per heavy atom. The van der Waals surface area contributed by atoms with Crippen molar-refractivity contribution >= 4 is 21.4 Å². The van der Waals surface area contributed by atoms with Crippen molar-refractivity contribution in [3.8, 4) is 10.6 Å². The fraction of sp³-hybridized carbons (Fsp3) is 0.409. The molecule has 0 bridgehead atoms. The van der Waals surface area contributed by atoms with E-state index < -0.39 is 10.0 Å². The van der Waals surface area contributed by atoms with Gasteiger partial charge in [-0.15, -0.1) is 11.3 Å². The SMILES string of the molecule is CC(C)n1cc(S(=O)(=O)N2CCC(Cc3ccccc3)CC2)c(-c2cccs2)n1. The van der Waals surface area contributed by atoms with Crippen LogP contribution in [0.4, 0.5) is 0 Å². The van der Waals surface area contributed by atoms with E-state index >= 15 is 0 Å². The number of rotatable bonds is 6. The molecule has 7 heteroatoms. The standard InChI is InChI=1S/C22H27N3O2S2/c1-17(2)25-16-21(22(23-25)20-9-6-14-28-20)29(26,27)24-12-10-19(11-13-24)15-18-7-4-3-5-8-18/h3-9,14,16-17,19H,10-13,15H2,1-2H3. The van der Waals surface area contributed by atoms with Gasteiger partial charge in [0.25, 0.3) is 0 Å². The van der Waals surface area contributed by atoms with Crippen LogP contribution in [0.15, 0.2) is 58.9 Å². The van der Waals surface area contributed by atoms with E-state index in [0.717, 1.165) is 24.1 Å². The summed E-state index contributed by atoms with van der Waals surface area (Å²) in [6.07, 6.45) is 4.49. The van der Waals surface area contributed by atoms with Crippen LogP contribution < -0.4 is 0 Å². The second-order valence-corrected chi connectivity index (χ2v) is 10.8. The molecule has 4 rings (SSSR count). The lowest BCUT2D eigenvalue weighted by Crippen LogP contribution is -2.38. The van der Waals surface area contributed by atoms with Crippen molar-refractivity contribution in [1.29, 1.82) is 0 Å². The number of aromatic nitrogens is 2. The van der Waals surface area contributed by atoms with E-state index in [0.29, 0.717) is 29.6 Å². The molecular formula is C22H27N3O2S2. The third-order valence-corrected chi connectivity index (χ3v) is 8.32. The van der Waals surface area contributed by atoms with Gasteiger partial charge in [-0.25, -0.2) is 8.42 Å². The van der Waals surface area contributed by atoms with Gasteiger partial charge in [0.1, 0.15) is 10.6 Å². The summed E-state index contributed by atoms with van der Waals surface area (Å²) in [5.74, 6) is 0.527. The molecule has 1 aromatic carbocycles. The van der Waals surface area contributed by atoms with Gasteiger partial charge in [-0.2, -0.15) is 9.40 Å². The molecule has 1 saturated heterocycles. The average molecular weight is 430 g/mol. The van der Waals surface area contributed by atoms with Gasteiger partial charge in [-0.05, 0) is 56.0 Å². The van der Waals surface area contributed by atoms with E-state index in [1.54, 1.807) is 15.2 Å². The van der Waals surface area contributed by atoms with Crippen LogP contribution in [-0.2, 0) is 16.4 Å². The summed E-state index contributed by atoms with van der Waals surface area (Å²) in [5, 5.41) is 6.56. The van der Waals surface area contributed by atoms with E-state index in [4.69, 9.17) is 0 Å². The summed E-state index contributed by atoms with van der Waals surface area (Å²) in [7, 11) is -3.57. The number of benzene rings is 1. The second kappa shape index (κ2) is 8.42. The summed E-state index contributed by atoms with van der Waals surface area (Å²) in [4.78, 5) is 1.22. The zero-order chi connectivity index (χ0) is 20.4. The van der Waals surface area contributed by atoms with Crippen LogP contribution in [0.3, 0.4) is 0 Å². The normalized spacial score (nSPS) is 16.5. The first-order valence-electron chi connectivity index (χ1n) is 10.1. The Morgan fingerprint density at radius 2 is 1.83 bits per heavy atom. The Kier molecular flexibility index (Phi) is 5.90. The highest BCUT2D eigenvalue weighted by molar-refractivity contribution is 7.89. The van der Waals surface area contributed by atoms with Gasteiger partial charge in [0.05, 0.1) is 4.88 Å². The third-order valence-electron chi connectivity index (χ3n) is 5.54. The van der Waals surface area contributed by atoms with Gasteiger partial charge in [0.15, 0.2) is 0 Å². The minimum Gasteiger partial charge on any atom is -0.268 e. The number of hydrogen-bond donors (Lipinski definition) is 0. The Morgan fingerprint density at radius 3 is 2.45 bits per heavy atom. The van der Waals surface area contributed by atoms with Crippen molar-refractivity contribution in [3.63, 3.8) is 0 Å². The quantitative estimate of drug-likeness (QED) is 0.564. The zero-order valence-corrected chi connectivity index (χ0v) is 18.5. The molecule has 5 nitrogen and oxygen atoms in total. The van der Waals surface area contributed by atoms with Gasteiger partial charge in [-0.1, -0.05) is 36.4 Å². The van der Waals surface area contributed by atoms with E-state index in [2.05, 4.69) is 29.4 Å². The first-order chi connectivity index (χ1) is 13.9. The Labute approximate surface area is 177 Å². The smallest absolute Gasteiger partial charge is 0.246 e. The van der Waals surface area contributed by atoms with Crippen LogP contribution >= 0.6 is 11.3 Å². The molecule has 0 atom stereocenters. The molecule has 154 valence electrons. The Bertz CT molecular complexity index is 1030. The molecular weight excluding hydrogens is 402 g/mol. The monoisotopic (exact) mass is 429 g/mol. The molecule has 1 aliphatic rings. The molecule has 3 heterocycles. The van der Waals surface area contributed by atoms with Crippen LogP contribution in [0.25, 0.3) is 10.6 Å². The number of nitrogens with zero attached hydrogens (tertiary/aromatic N) is 3. The van der Waals surface area contributed by atoms with Crippen molar-refractivity contribution in [1.82, 2.24) is 14.1 Å². The van der Waals surface area contributed by atoms with Crippen LogP contribution in [0.2, 0.25) is 0 Å². The van der Waals surface area contributed by atoms with Crippen LogP contribution in [0.1, 0.15) is 38.3 Å². The maximum absolute atomic E-state index is 13.5. The van der Waals surface area contributed by atoms with E-state index in [-0.39, 0.29) is 6.04 Å². The summed E-state index contributed by atoms with van der Waals surface area (Å²) >= 11 is 1.52. The maximum Gasteiger partial charge on any atom is 0.246 e. The van der Waals surface area contributed by atoms with Crippen molar-refractivity contribution in [2.24, 2.45) is 5.92 Å². The highest BCUT2D eigenvalue weighted by atomic mass is 32.2. The van der Waals surface area contributed by atoms with Crippen molar-refractivity contribution in [2.45, 2.75) is 44.0 Å². The summed E-state index contributed by atoms with van der Waals surface area (Å²) < 4.78 is 30.4. The molecule has 0 spiro atoms. The van der Waals surface area contributed by atoms with E-state index in [1.807, 2.05) is 37.4 Å². The first kappa shape index (κ1) is 20.3. The number of piperidine rings is 1. The molecule has 0 N–H and O–H groups in total. The minimum atomic E-state index is -3.57. The van der Waals surface area contributed by atoms with Crippen molar-refractivity contribution < 1.29 is 8.42 Å². The molecule has 0 amide bonds. The number of hydrogen-bond acceptors (Lipinski definition) is 4. The van der Waals surface area contributed by atoms with E-state index in [1.165, 1.54) is 16.9 Å². The molecule has 0 saturated carbocycles. The van der Waals surface area contributed by atoms with Crippen molar-refractivity contribution in [3.05, 3.63) is 59.6 Å². The molecule has 1 aliphatic heterocycles. The second-order valence-electron chi connectivity index (χ2n) is 7.93. The van der Waals surface area contributed by atoms with Crippen LogP contribution in [0, 0.1) is 5.92 Å². The number of thiophene rings is 1. The molecule has 3 aromatic rings. The Hall–Kier alpha value is -1.96. The fourth-order valence-electron chi connectivity index (χ4n) is 3.85. The summed E-state index contributed by atoms with van der Waals surface area (Å²) in [5.41, 5.74) is 1.90. The molecule has 2 aromatic heterocycles. The molecule has 0 aliphatic carbocycles. The zero-order valence-electron chi connectivity index (χ0n) is 16.9. The first-order valence-corrected chi connectivity index (χ1v) is 12.4. The maximum atomic E-state index is 13.5. The van der Waals surface area contributed by atoms with Crippen molar-refractivity contribution in [2.75, 3.05) is 13.1 Å². The van der Waals surface area contributed by atoms with Gasteiger partial charge >= 0.3 is 0 Å². The lowest BCUT2D eigenvalue weighted by atomic mass is 9.91. The van der Waals surface area contributed by atoms with E-state index in [9.17, 15) is 8.42 Å². The molecule has 29 heavy (non-hydrogen) atoms. The fourth-order valence-corrected chi connectivity index (χ4v) is 6.25. The highest BCUT2D eigenvalue weighted by Crippen LogP contribution is 2.34. The van der Waals surface area contributed by atoms with Crippen LogP contribution in [-0.4, -0.2) is 35.6 Å². The summed E-state index contributed by atoms with van der Waals surface area (Å²) in [6.45, 7) is 5.15. The highest BCUT2D eigenvalue weighted by Gasteiger charge is 2.33. The van der Waals surface area contributed by atoms with Gasteiger partial charge < -0.3 is 0 Å². The Balaban J connectivity index is 1.54. The lowest BCUT2D eigenvalue weighted by Gasteiger charge is -2.31. The molecule has 1 fully saturated rings. The topological polar surface area (TPSA) is 55.2 Å². The lowest BCUT2D eigenvalue weighted by molar-refractivity contribution is 0.273. The van der Waals surface area contributed by atoms with Crippen LogP contribution in [0.5, 0.6) is 0 Å². The predicted octanol–water partition coefficient (Wildman–Crippen LogP) is 4.84. The largest absolute Gasteiger partial charge is 0.268 e. The number of sulfonamides is 1. The van der Waals surface area contributed by atoms with Gasteiger partial charge in [0, 0.05) is 25.3 Å². The third kappa shape index (κ3) is 4.32. The molecule has 0 radical (unpaired) electrons. The molecule has 0 unspecified atom stereocenters. The minimum absolute atomic E-state index is 0.106. The van der Waals surface area contributed by atoms with Gasteiger partial charge in [-0.3, -0.25) is 4.68 Å². The summed E-state index contributed by atoms with van der Waals surface area (Å²) in [6, 6.07) is 14.4. The average Bonchev–Trinajstić information content (AvgIpc) is 3.39. The van der Waals surface area contributed by atoms with Gasteiger partial charge in [0.2, 0.25) is 10.0 Å². The predicted molar refractivity (Wildman–Crippen MR) is 118 cm³/mol.